The molecule has 0 saturated heterocycles. The van der Waals surface area contributed by atoms with Gasteiger partial charge in [-0.25, -0.2) is 0 Å². The number of hydrogen-bond acceptors (Lipinski definition) is 2. The van der Waals surface area contributed by atoms with Crippen molar-refractivity contribution < 1.29 is 9.59 Å². The smallest absolute Gasteiger partial charge is 0.237 e. The highest BCUT2D eigenvalue weighted by Crippen LogP contribution is 2.15. The van der Waals surface area contributed by atoms with Gasteiger partial charge < -0.3 is 9.80 Å². The quantitative estimate of drug-likeness (QED) is 0.0501. The average molecular weight is 662 g/mol. The zero-order valence-corrected chi connectivity index (χ0v) is 31.0. The lowest BCUT2D eigenvalue weighted by atomic mass is 10.0. The van der Waals surface area contributed by atoms with Crippen molar-refractivity contribution in [3.63, 3.8) is 0 Å². The first-order chi connectivity index (χ1) is 21.6. The van der Waals surface area contributed by atoms with Gasteiger partial charge in [-0.1, -0.05) is 181 Å². The molecule has 0 aliphatic carbocycles. The van der Waals surface area contributed by atoms with Crippen molar-refractivity contribution in [2.75, 3.05) is 37.9 Å². The molecule has 0 aromatic heterocycles. The highest BCUT2D eigenvalue weighted by molar-refractivity contribution is 6.27. The lowest BCUT2D eigenvalue weighted by molar-refractivity contribution is -0.132. The normalized spacial score (nSPS) is 11.3. The Morgan fingerprint density at radius 1 is 0.341 bits per heavy atom. The van der Waals surface area contributed by atoms with Gasteiger partial charge in [0.25, 0.3) is 0 Å². The third-order valence-electron chi connectivity index (χ3n) is 9.14. The number of carbonyl (C=O) groups is 2. The van der Waals surface area contributed by atoms with Crippen molar-refractivity contribution in [3.8, 4) is 0 Å². The predicted molar refractivity (Wildman–Crippen MR) is 195 cm³/mol. The molecule has 0 saturated carbocycles. The van der Waals surface area contributed by atoms with Crippen LogP contribution in [0, 0.1) is 0 Å². The second-order valence-electron chi connectivity index (χ2n) is 13.2. The van der Waals surface area contributed by atoms with E-state index in [9.17, 15) is 9.59 Å². The minimum Gasteiger partial charge on any atom is -0.340 e. The molecule has 0 unspecified atom stereocenters. The maximum Gasteiger partial charge on any atom is 0.237 e. The molecule has 0 aliphatic rings. The van der Waals surface area contributed by atoms with Crippen molar-refractivity contribution in [1.29, 1.82) is 0 Å². The topological polar surface area (TPSA) is 40.6 Å². The van der Waals surface area contributed by atoms with Crippen LogP contribution in [0.2, 0.25) is 0 Å². The number of carbonyl (C=O) groups excluding carboxylic acids is 2. The highest BCUT2D eigenvalue weighted by atomic mass is 35.5. The zero-order valence-electron chi connectivity index (χ0n) is 29.5. The van der Waals surface area contributed by atoms with Crippen LogP contribution < -0.4 is 0 Å². The molecular formula is C38H74Cl2N2O2. The van der Waals surface area contributed by atoms with Crippen molar-refractivity contribution in [1.82, 2.24) is 9.80 Å². The SMILES string of the molecule is CCCCCCCCCCCCCCCCN(CCN(CCCCCCCCCCCCCCCC)C(=O)CCl)C(=O)CCl. The Hall–Kier alpha value is -0.480. The van der Waals surface area contributed by atoms with E-state index in [4.69, 9.17) is 23.2 Å². The number of amides is 2. The molecule has 0 rings (SSSR count). The molecule has 0 aromatic rings. The molecule has 4 nitrogen and oxygen atoms in total. The Morgan fingerprint density at radius 2 is 0.545 bits per heavy atom. The minimum atomic E-state index is -0.0314. The van der Waals surface area contributed by atoms with Gasteiger partial charge in [-0.3, -0.25) is 9.59 Å². The number of hydrogen-bond donors (Lipinski definition) is 0. The van der Waals surface area contributed by atoms with Gasteiger partial charge in [-0.05, 0) is 12.8 Å². The lowest BCUT2D eigenvalue weighted by Gasteiger charge is -2.27. The summed E-state index contributed by atoms with van der Waals surface area (Å²) in [6, 6.07) is 0. The third kappa shape index (κ3) is 29.0. The molecule has 0 bridgehead atoms. The van der Waals surface area contributed by atoms with Gasteiger partial charge in [0.2, 0.25) is 11.8 Å². The van der Waals surface area contributed by atoms with Crippen molar-refractivity contribution in [2.45, 2.75) is 194 Å². The molecule has 0 aliphatic heterocycles. The van der Waals surface area contributed by atoms with E-state index >= 15 is 0 Å². The van der Waals surface area contributed by atoms with Crippen molar-refractivity contribution in [3.05, 3.63) is 0 Å². The zero-order chi connectivity index (χ0) is 32.4. The fraction of sp³-hybridized carbons (Fsp3) is 0.947. The summed E-state index contributed by atoms with van der Waals surface area (Å²) in [5.41, 5.74) is 0. The Bertz CT molecular complexity index is 568. The highest BCUT2D eigenvalue weighted by Gasteiger charge is 2.17. The minimum absolute atomic E-state index is 0.00101. The van der Waals surface area contributed by atoms with E-state index in [-0.39, 0.29) is 23.6 Å². The number of alkyl halides is 2. The molecule has 0 spiro atoms. The molecular weight excluding hydrogens is 587 g/mol. The number of unbranched alkanes of at least 4 members (excludes halogenated alkanes) is 26. The molecule has 0 aromatic carbocycles. The summed E-state index contributed by atoms with van der Waals surface area (Å²) in [5, 5.41) is 0. The maximum absolute atomic E-state index is 12.5. The monoisotopic (exact) mass is 661 g/mol. The molecule has 0 N–H and O–H groups in total. The van der Waals surface area contributed by atoms with Crippen LogP contribution in [-0.2, 0) is 9.59 Å². The number of halogens is 2. The molecule has 0 atom stereocenters. The largest absolute Gasteiger partial charge is 0.340 e. The van der Waals surface area contributed by atoms with Crippen LogP contribution in [0.25, 0.3) is 0 Å². The van der Waals surface area contributed by atoms with Crippen LogP contribution in [0.3, 0.4) is 0 Å². The van der Waals surface area contributed by atoms with E-state index in [2.05, 4.69) is 13.8 Å². The molecule has 0 radical (unpaired) electrons. The fourth-order valence-electron chi connectivity index (χ4n) is 6.13. The number of nitrogens with zero attached hydrogens (tertiary/aromatic N) is 2. The maximum atomic E-state index is 12.5. The van der Waals surface area contributed by atoms with Crippen molar-refractivity contribution in [2.24, 2.45) is 0 Å². The summed E-state index contributed by atoms with van der Waals surface area (Å²) in [6.07, 6.45) is 37.0. The first-order valence-electron chi connectivity index (χ1n) is 19.3. The van der Waals surface area contributed by atoms with Gasteiger partial charge in [0.15, 0.2) is 0 Å². The Balaban J connectivity index is 3.98. The van der Waals surface area contributed by atoms with Crippen LogP contribution in [0.5, 0.6) is 0 Å². The third-order valence-corrected chi connectivity index (χ3v) is 9.59. The van der Waals surface area contributed by atoms with E-state index < -0.39 is 0 Å². The molecule has 0 fully saturated rings. The van der Waals surface area contributed by atoms with Gasteiger partial charge in [0, 0.05) is 26.2 Å². The lowest BCUT2D eigenvalue weighted by Crippen LogP contribution is -2.42. The summed E-state index contributed by atoms with van der Waals surface area (Å²) in [7, 11) is 0. The predicted octanol–water partition coefficient (Wildman–Crippen LogP) is 12.1. The van der Waals surface area contributed by atoms with Crippen LogP contribution in [0.1, 0.15) is 194 Å². The van der Waals surface area contributed by atoms with Gasteiger partial charge in [0.05, 0.1) is 0 Å². The molecule has 0 heterocycles. The van der Waals surface area contributed by atoms with E-state index in [1.807, 2.05) is 9.80 Å². The second kappa shape index (κ2) is 35.4. The Morgan fingerprint density at radius 3 is 0.750 bits per heavy atom. The van der Waals surface area contributed by atoms with Crippen LogP contribution >= 0.6 is 23.2 Å². The Kier molecular flexibility index (Phi) is 35.0. The van der Waals surface area contributed by atoms with E-state index in [0.717, 1.165) is 38.8 Å². The average Bonchev–Trinajstić information content (AvgIpc) is 3.04. The standard InChI is InChI=1S/C38H74Cl2N2O2/c1-3-5-7-9-11-13-15-17-19-21-23-25-27-29-31-41(37(43)35-39)33-34-42(38(44)36-40)32-30-28-26-24-22-20-18-16-14-12-10-8-6-4-2/h3-36H2,1-2H3. The van der Waals surface area contributed by atoms with Gasteiger partial charge >= 0.3 is 0 Å². The molecule has 2 amide bonds. The first-order valence-corrected chi connectivity index (χ1v) is 20.3. The second-order valence-corrected chi connectivity index (χ2v) is 13.8. The summed E-state index contributed by atoms with van der Waals surface area (Å²) in [4.78, 5) is 28.7. The van der Waals surface area contributed by atoms with E-state index in [1.54, 1.807) is 0 Å². The van der Waals surface area contributed by atoms with Crippen LogP contribution in [0.4, 0.5) is 0 Å². The number of rotatable bonds is 35. The van der Waals surface area contributed by atoms with Crippen molar-refractivity contribution >= 4 is 35.0 Å². The summed E-state index contributed by atoms with van der Waals surface area (Å²) >= 11 is 11.9. The molecule has 6 heteroatoms. The molecule has 262 valence electrons. The Labute approximate surface area is 285 Å². The van der Waals surface area contributed by atoms with E-state index in [1.165, 1.54) is 154 Å². The van der Waals surface area contributed by atoms with Gasteiger partial charge in [-0.2, -0.15) is 0 Å². The fourth-order valence-corrected chi connectivity index (χ4v) is 6.47. The van der Waals surface area contributed by atoms with Gasteiger partial charge in [0.1, 0.15) is 11.8 Å². The van der Waals surface area contributed by atoms with Crippen LogP contribution in [0.15, 0.2) is 0 Å². The summed E-state index contributed by atoms with van der Waals surface area (Å²) < 4.78 is 0. The summed E-state index contributed by atoms with van der Waals surface area (Å²) in [6.45, 7) is 7.10. The summed E-state index contributed by atoms with van der Waals surface area (Å²) in [5.74, 6) is -0.0607. The first kappa shape index (κ1) is 43.5. The van der Waals surface area contributed by atoms with Gasteiger partial charge in [-0.15, -0.1) is 23.2 Å². The van der Waals surface area contributed by atoms with Crippen LogP contribution in [-0.4, -0.2) is 59.6 Å². The molecule has 44 heavy (non-hydrogen) atoms. The van der Waals surface area contributed by atoms with E-state index in [0.29, 0.717) is 13.1 Å².